The first kappa shape index (κ1) is 14.9. The molecule has 0 fully saturated rings. The fourth-order valence-electron chi connectivity index (χ4n) is 2.79. The highest BCUT2D eigenvalue weighted by Crippen LogP contribution is 2.44. The number of aliphatic hydroxyl groups is 1. The minimum atomic E-state index is -1.28. The number of hydrogen-bond donors (Lipinski definition) is 5. The topological polar surface area (TPSA) is 135 Å². The first-order valence-electron chi connectivity index (χ1n) is 6.66. The molecule has 0 bridgehead atoms. The zero-order chi connectivity index (χ0) is 17.0. The van der Waals surface area contributed by atoms with Gasteiger partial charge in [-0.2, -0.15) is 0 Å². The van der Waals surface area contributed by atoms with E-state index in [1.807, 2.05) is 0 Å². The summed E-state index contributed by atoms with van der Waals surface area (Å²) < 4.78 is 0. The standard InChI is InChI=1S/C16H12O7/c1-5(17)11-10(20)4-8-13(15(11)22)16(23)12-7(14(8)21)2-6(18)3-9(12)19/h2-5,17-20,22H,1H3/t5-/m1/s1. The lowest BCUT2D eigenvalue weighted by molar-refractivity contribution is 0.0972. The van der Waals surface area contributed by atoms with Crippen molar-refractivity contribution >= 4 is 11.6 Å². The number of phenolic OH excluding ortho intramolecular Hbond substituents is 4. The maximum atomic E-state index is 12.6. The number of phenols is 4. The smallest absolute Gasteiger partial charge is 0.201 e. The van der Waals surface area contributed by atoms with E-state index < -0.39 is 46.2 Å². The molecule has 0 aliphatic heterocycles. The van der Waals surface area contributed by atoms with Crippen LogP contribution in [0.2, 0.25) is 0 Å². The number of hydrogen-bond acceptors (Lipinski definition) is 7. The lowest BCUT2D eigenvalue weighted by atomic mass is 9.81. The van der Waals surface area contributed by atoms with Gasteiger partial charge in [0.1, 0.15) is 23.0 Å². The van der Waals surface area contributed by atoms with E-state index in [-0.39, 0.29) is 22.3 Å². The van der Waals surface area contributed by atoms with E-state index in [2.05, 4.69) is 0 Å². The number of ketones is 2. The number of benzene rings is 2. The second-order valence-electron chi connectivity index (χ2n) is 5.30. The molecule has 7 heteroatoms. The van der Waals surface area contributed by atoms with E-state index in [4.69, 9.17) is 0 Å². The average molecular weight is 316 g/mol. The molecule has 1 atom stereocenters. The summed E-state index contributed by atoms with van der Waals surface area (Å²) in [5.41, 5.74) is -1.54. The molecule has 0 amide bonds. The van der Waals surface area contributed by atoms with Crippen LogP contribution in [0.4, 0.5) is 0 Å². The molecule has 7 nitrogen and oxygen atoms in total. The van der Waals surface area contributed by atoms with Gasteiger partial charge in [0.25, 0.3) is 0 Å². The van der Waals surface area contributed by atoms with Crippen molar-refractivity contribution in [3.05, 3.63) is 46.0 Å². The van der Waals surface area contributed by atoms with Gasteiger partial charge in [0.05, 0.1) is 22.8 Å². The summed E-state index contributed by atoms with van der Waals surface area (Å²) in [7, 11) is 0. The predicted molar refractivity (Wildman–Crippen MR) is 77.0 cm³/mol. The van der Waals surface area contributed by atoms with E-state index in [1.165, 1.54) is 6.92 Å². The molecule has 0 saturated carbocycles. The Morgan fingerprint density at radius 3 is 2.04 bits per heavy atom. The summed E-state index contributed by atoms with van der Waals surface area (Å²) in [5.74, 6) is -3.85. The molecule has 2 aromatic rings. The molecular formula is C16H12O7. The Bertz CT molecular complexity index is 881. The lowest BCUT2D eigenvalue weighted by Gasteiger charge is -2.22. The van der Waals surface area contributed by atoms with Crippen molar-refractivity contribution in [3.63, 3.8) is 0 Å². The fraction of sp³-hybridized carbons (Fsp3) is 0.125. The second kappa shape index (κ2) is 4.72. The van der Waals surface area contributed by atoms with Crippen LogP contribution in [0.1, 0.15) is 50.4 Å². The van der Waals surface area contributed by atoms with Gasteiger partial charge in [0.15, 0.2) is 5.78 Å². The van der Waals surface area contributed by atoms with Crippen molar-refractivity contribution < 1.29 is 35.1 Å². The van der Waals surface area contributed by atoms with E-state index in [0.29, 0.717) is 0 Å². The molecule has 118 valence electrons. The van der Waals surface area contributed by atoms with Crippen molar-refractivity contribution in [2.24, 2.45) is 0 Å². The summed E-state index contributed by atoms with van der Waals surface area (Å²) >= 11 is 0. The lowest BCUT2D eigenvalue weighted by Crippen LogP contribution is -2.22. The van der Waals surface area contributed by atoms with Crippen LogP contribution in [0.25, 0.3) is 0 Å². The average Bonchev–Trinajstić information content (AvgIpc) is 2.42. The molecule has 3 rings (SSSR count). The third-order valence-electron chi connectivity index (χ3n) is 3.78. The maximum Gasteiger partial charge on any atom is 0.201 e. The maximum absolute atomic E-state index is 12.6. The molecule has 0 saturated heterocycles. The van der Waals surface area contributed by atoms with Crippen molar-refractivity contribution in [2.45, 2.75) is 13.0 Å². The molecule has 5 N–H and O–H groups in total. The summed E-state index contributed by atoms with van der Waals surface area (Å²) in [4.78, 5) is 25.1. The summed E-state index contributed by atoms with van der Waals surface area (Å²) in [5, 5.41) is 49.1. The monoisotopic (exact) mass is 316 g/mol. The Kier molecular flexibility index (Phi) is 3.05. The van der Waals surface area contributed by atoms with Crippen molar-refractivity contribution in [1.82, 2.24) is 0 Å². The fourth-order valence-corrected chi connectivity index (χ4v) is 2.79. The third kappa shape index (κ3) is 1.94. The quantitative estimate of drug-likeness (QED) is 0.457. The van der Waals surface area contributed by atoms with Gasteiger partial charge in [0.2, 0.25) is 5.78 Å². The van der Waals surface area contributed by atoms with E-state index in [9.17, 15) is 35.1 Å². The van der Waals surface area contributed by atoms with E-state index in [1.54, 1.807) is 0 Å². The van der Waals surface area contributed by atoms with Gasteiger partial charge in [-0.15, -0.1) is 0 Å². The minimum Gasteiger partial charge on any atom is -0.508 e. The number of aromatic hydroxyl groups is 4. The third-order valence-corrected chi connectivity index (χ3v) is 3.78. The normalized spacial score (nSPS) is 14.3. The summed E-state index contributed by atoms with van der Waals surface area (Å²) in [6.07, 6.45) is -1.28. The molecule has 0 aromatic heterocycles. The number of carbonyl (C=O) groups is 2. The van der Waals surface area contributed by atoms with Crippen LogP contribution >= 0.6 is 0 Å². The molecule has 2 aromatic carbocycles. The van der Waals surface area contributed by atoms with Crippen molar-refractivity contribution in [3.8, 4) is 23.0 Å². The minimum absolute atomic E-state index is 0.233. The van der Waals surface area contributed by atoms with E-state index in [0.717, 1.165) is 18.2 Å². The number of rotatable bonds is 1. The van der Waals surface area contributed by atoms with Crippen molar-refractivity contribution in [1.29, 1.82) is 0 Å². The van der Waals surface area contributed by atoms with Gasteiger partial charge in [-0.3, -0.25) is 9.59 Å². The van der Waals surface area contributed by atoms with Crippen LogP contribution in [0, 0.1) is 0 Å². The van der Waals surface area contributed by atoms with Crippen molar-refractivity contribution in [2.75, 3.05) is 0 Å². The van der Waals surface area contributed by atoms with Crippen LogP contribution in [0.15, 0.2) is 18.2 Å². The van der Waals surface area contributed by atoms with Crippen LogP contribution in [-0.4, -0.2) is 37.1 Å². The molecule has 0 unspecified atom stereocenters. The molecular weight excluding hydrogens is 304 g/mol. The molecule has 1 aliphatic rings. The Morgan fingerprint density at radius 2 is 1.43 bits per heavy atom. The molecule has 1 aliphatic carbocycles. The highest BCUT2D eigenvalue weighted by molar-refractivity contribution is 6.30. The zero-order valence-corrected chi connectivity index (χ0v) is 11.9. The van der Waals surface area contributed by atoms with Gasteiger partial charge < -0.3 is 25.5 Å². The van der Waals surface area contributed by atoms with Gasteiger partial charge in [-0.1, -0.05) is 0 Å². The van der Waals surface area contributed by atoms with E-state index >= 15 is 0 Å². The predicted octanol–water partition coefficient (Wildman–Crippen LogP) is 1.34. The molecule has 0 heterocycles. The molecule has 23 heavy (non-hydrogen) atoms. The van der Waals surface area contributed by atoms with Crippen LogP contribution in [0.5, 0.6) is 23.0 Å². The highest BCUT2D eigenvalue weighted by atomic mass is 16.3. The SMILES string of the molecule is C[C@@H](O)c1c(O)cc2c(c1O)C(=O)c1c(O)cc(O)cc1C2=O. The second-order valence-corrected chi connectivity index (χ2v) is 5.30. The van der Waals surface area contributed by atoms with Gasteiger partial charge in [-0.25, -0.2) is 0 Å². The first-order valence-corrected chi connectivity index (χ1v) is 6.66. The van der Waals surface area contributed by atoms with Gasteiger partial charge in [-0.05, 0) is 19.1 Å². The largest absolute Gasteiger partial charge is 0.508 e. The Hall–Kier alpha value is -3.06. The Balaban J connectivity index is 2.39. The first-order chi connectivity index (χ1) is 10.7. The number of carbonyl (C=O) groups excluding carboxylic acids is 2. The highest BCUT2D eigenvalue weighted by Gasteiger charge is 2.37. The van der Waals surface area contributed by atoms with Crippen LogP contribution in [0.3, 0.4) is 0 Å². The molecule has 0 spiro atoms. The summed E-state index contributed by atoms with van der Waals surface area (Å²) in [6.45, 7) is 1.28. The van der Waals surface area contributed by atoms with Gasteiger partial charge in [0, 0.05) is 17.2 Å². The molecule has 0 radical (unpaired) electrons. The Labute approximate surface area is 129 Å². The van der Waals surface area contributed by atoms with Gasteiger partial charge >= 0.3 is 0 Å². The van der Waals surface area contributed by atoms with Crippen LogP contribution < -0.4 is 0 Å². The van der Waals surface area contributed by atoms with Crippen LogP contribution in [-0.2, 0) is 0 Å². The zero-order valence-electron chi connectivity index (χ0n) is 11.9. The number of fused-ring (bicyclic) bond motifs is 2. The Morgan fingerprint density at radius 1 is 0.826 bits per heavy atom. The number of aliphatic hydroxyl groups excluding tert-OH is 1. The summed E-state index contributed by atoms with van der Waals surface area (Å²) in [6, 6.07) is 2.90.